The van der Waals surface area contributed by atoms with Crippen molar-refractivity contribution in [3.63, 3.8) is 0 Å². The maximum Gasteiger partial charge on any atom is 0.0575 e. The Bertz CT molecular complexity index is 717. The van der Waals surface area contributed by atoms with Gasteiger partial charge in [0, 0.05) is 30.2 Å². The number of nitrogens with zero attached hydrogens (tertiary/aromatic N) is 2. The van der Waals surface area contributed by atoms with Crippen LogP contribution in [0.5, 0.6) is 0 Å². The lowest BCUT2D eigenvalue weighted by atomic mass is 9.94. The van der Waals surface area contributed by atoms with Gasteiger partial charge in [0.15, 0.2) is 0 Å². The highest BCUT2D eigenvalue weighted by Crippen LogP contribution is 2.27. The molecule has 1 unspecified atom stereocenters. The third kappa shape index (κ3) is 2.09. The summed E-state index contributed by atoms with van der Waals surface area (Å²) in [6, 6.07) is 9.97. The summed E-state index contributed by atoms with van der Waals surface area (Å²) in [5.41, 5.74) is 9.75. The van der Waals surface area contributed by atoms with Crippen LogP contribution in [0.15, 0.2) is 55.1 Å². The molecule has 0 bridgehead atoms. The molecule has 0 saturated carbocycles. The number of nitrogens with two attached hydrogens (primary N) is 1. The maximum atomic E-state index is 6.42. The number of aromatic nitrogens is 2. The van der Waals surface area contributed by atoms with E-state index >= 15 is 0 Å². The number of rotatable bonds is 2. The molecule has 3 rings (SSSR count). The highest BCUT2D eigenvalue weighted by molar-refractivity contribution is 5.85. The molecule has 0 aliphatic heterocycles. The predicted molar refractivity (Wildman–Crippen MR) is 76.7 cm³/mol. The quantitative estimate of drug-likeness (QED) is 0.759. The number of hydrogen-bond acceptors (Lipinski definition) is 3. The predicted octanol–water partition coefficient (Wildman–Crippen LogP) is 2.99. The number of benzene rings is 1. The van der Waals surface area contributed by atoms with Gasteiger partial charge in [-0.15, -0.1) is 0 Å². The molecule has 0 saturated heterocycles. The number of pyridine rings is 2. The van der Waals surface area contributed by atoms with E-state index in [9.17, 15) is 0 Å². The summed E-state index contributed by atoms with van der Waals surface area (Å²) in [6.07, 6.45) is 7.30. The summed E-state index contributed by atoms with van der Waals surface area (Å²) in [4.78, 5) is 8.33. The molecule has 0 aliphatic rings. The van der Waals surface area contributed by atoms with Gasteiger partial charge in [0.1, 0.15) is 0 Å². The van der Waals surface area contributed by atoms with Crippen molar-refractivity contribution in [2.24, 2.45) is 5.73 Å². The topological polar surface area (TPSA) is 51.8 Å². The summed E-state index contributed by atoms with van der Waals surface area (Å²) in [5, 5.41) is 2.25. The number of hydrogen-bond donors (Lipinski definition) is 1. The van der Waals surface area contributed by atoms with Gasteiger partial charge in [-0.1, -0.05) is 18.2 Å². The molecule has 0 amide bonds. The summed E-state index contributed by atoms with van der Waals surface area (Å²) in [5.74, 6) is 0. The van der Waals surface area contributed by atoms with Crippen molar-refractivity contribution >= 4 is 10.8 Å². The zero-order valence-corrected chi connectivity index (χ0v) is 10.7. The fourth-order valence-corrected chi connectivity index (χ4v) is 2.39. The fraction of sp³-hybridized carbons (Fsp3) is 0.125. The zero-order valence-electron chi connectivity index (χ0n) is 10.7. The van der Waals surface area contributed by atoms with E-state index in [2.05, 4.69) is 29.0 Å². The SMILES string of the molecule is Cc1ccncc1C(N)c1cccc2cnccc12. The third-order valence-corrected chi connectivity index (χ3v) is 3.46. The summed E-state index contributed by atoms with van der Waals surface area (Å²) in [7, 11) is 0. The lowest BCUT2D eigenvalue weighted by molar-refractivity contribution is 0.861. The number of aryl methyl sites for hydroxylation is 1. The van der Waals surface area contributed by atoms with E-state index in [1.807, 2.05) is 30.6 Å². The Morgan fingerprint density at radius 3 is 2.58 bits per heavy atom. The van der Waals surface area contributed by atoms with Crippen LogP contribution in [0.1, 0.15) is 22.7 Å². The van der Waals surface area contributed by atoms with Gasteiger partial charge in [-0.25, -0.2) is 0 Å². The Balaban J connectivity index is 2.17. The molecule has 2 aromatic heterocycles. The van der Waals surface area contributed by atoms with Gasteiger partial charge in [-0.05, 0) is 41.1 Å². The van der Waals surface area contributed by atoms with E-state index in [4.69, 9.17) is 5.73 Å². The van der Waals surface area contributed by atoms with Crippen molar-refractivity contribution in [1.29, 1.82) is 0 Å². The van der Waals surface area contributed by atoms with E-state index in [0.717, 1.165) is 27.5 Å². The minimum Gasteiger partial charge on any atom is -0.320 e. The molecule has 3 nitrogen and oxygen atoms in total. The van der Waals surface area contributed by atoms with Crippen LogP contribution in [0, 0.1) is 6.92 Å². The Morgan fingerprint density at radius 2 is 1.74 bits per heavy atom. The smallest absolute Gasteiger partial charge is 0.0575 e. The van der Waals surface area contributed by atoms with Gasteiger partial charge in [0.2, 0.25) is 0 Å². The van der Waals surface area contributed by atoms with Crippen LogP contribution in [0.4, 0.5) is 0 Å². The largest absolute Gasteiger partial charge is 0.320 e. The Labute approximate surface area is 112 Å². The van der Waals surface area contributed by atoms with E-state index in [-0.39, 0.29) is 6.04 Å². The second-order valence-electron chi connectivity index (χ2n) is 4.65. The monoisotopic (exact) mass is 249 g/mol. The summed E-state index contributed by atoms with van der Waals surface area (Å²) >= 11 is 0. The number of fused-ring (bicyclic) bond motifs is 1. The minimum atomic E-state index is -0.167. The Kier molecular flexibility index (Phi) is 2.97. The minimum absolute atomic E-state index is 0.167. The van der Waals surface area contributed by atoms with Gasteiger partial charge in [-0.2, -0.15) is 0 Å². The van der Waals surface area contributed by atoms with Gasteiger partial charge in [-0.3, -0.25) is 9.97 Å². The summed E-state index contributed by atoms with van der Waals surface area (Å²) in [6.45, 7) is 2.06. The average Bonchev–Trinajstić information content (AvgIpc) is 2.46. The standard InChI is InChI=1S/C16H15N3/c1-11-5-7-19-10-15(11)16(17)14-4-2-3-12-9-18-8-6-13(12)14/h2-10,16H,17H2,1H3. The van der Waals surface area contributed by atoms with Crippen molar-refractivity contribution in [3.8, 4) is 0 Å². The van der Waals surface area contributed by atoms with Crippen molar-refractivity contribution < 1.29 is 0 Å². The molecule has 1 atom stereocenters. The van der Waals surface area contributed by atoms with Crippen LogP contribution in [-0.2, 0) is 0 Å². The first-order valence-corrected chi connectivity index (χ1v) is 6.26. The molecule has 3 heteroatoms. The molecule has 0 radical (unpaired) electrons. The first-order chi connectivity index (χ1) is 9.27. The highest BCUT2D eigenvalue weighted by Gasteiger charge is 2.14. The van der Waals surface area contributed by atoms with Crippen LogP contribution < -0.4 is 5.73 Å². The van der Waals surface area contributed by atoms with Gasteiger partial charge < -0.3 is 5.73 Å². The fourth-order valence-electron chi connectivity index (χ4n) is 2.39. The van der Waals surface area contributed by atoms with Crippen LogP contribution >= 0.6 is 0 Å². The average molecular weight is 249 g/mol. The normalized spacial score (nSPS) is 12.5. The first-order valence-electron chi connectivity index (χ1n) is 6.26. The van der Waals surface area contributed by atoms with Crippen molar-refractivity contribution in [2.75, 3.05) is 0 Å². The highest BCUT2D eigenvalue weighted by atomic mass is 14.7. The molecule has 2 N–H and O–H groups in total. The van der Waals surface area contributed by atoms with Crippen molar-refractivity contribution in [1.82, 2.24) is 9.97 Å². The first kappa shape index (κ1) is 11.8. The van der Waals surface area contributed by atoms with Crippen molar-refractivity contribution in [3.05, 3.63) is 71.8 Å². The lowest BCUT2D eigenvalue weighted by Gasteiger charge is -2.16. The molecule has 1 aromatic carbocycles. The van der Waals surface area contributed by atoms with Gasteiger partial charge in [0.25, 0.3) is 0 Å². The van der Waals surface area contributed by atoms with Gasteiger partial charge in [0.05, 0.1) is 6.04 Å². The van der Waals surface area contributed by atoms with Crippen LogP contribution in [0.2, 0.25) is 0 Å². The van der Waals surface area contributed by atoms with Crippen molar-refractivity contribution in [2.45, 2.75) is 13.0 Å². The zero-order chi connectivity index (χ0) is 13.2. The van der Waals surface area contributed by atoms with E-state index in [1.165, 1.54) is 0 Å². The molecule has 0 aliphatic carbocycles. The van der Waals surface area contributed by atoms with Crippen LogP contribution in [-0.4, -0.2) is 9.97 Å². The molecular formula is C16H15N3. The van der Waals surface area contributed by atoms with E-state index < -0.39 is 0 Å². The second-order valence-corrected chi connectivity index (χ2v) is 4.65. The third-order valence-electron chi connectivity index (χ3n) is 3.46. The Morgan fingerprint density at radius 1 is 0.947 bits per heavy atom. The van der Waals surface area contributed by atoms with E-state index in [0.29, 0.717) is 0 Å². The van der Waals surface area contributed by atoms with E-state index in [1.54, 1.807) is 12.4 Å². The van der Waals surface area contributed by atoms with Gasteiger partial charge >= 0.3 is 0 Å². The van der Waals surface area contributed by atoms with Crippen LogP contribution in [0.25, 0.3) is 10.8 Å². The molecule has 0 fully saturated rings. The second kappa shape index (κ2) is 4.78. The molecular weight excluding hydrogens is 234 g/mol. The maximum absolute atomic E-state index is 6.42. The Hall–Kier alpha value is -2.26. The molecule has 2 heterocycles. The van der Waals surface area contributed by atoms with Crippen LogP contribution in [0.3, 0.4) is 0 Å². The lowest BCUT2D eigenvalue weighted by Crippen LogP contribution is -2.14. The molecule has 94 valence electrons. The molecule has 0 spiro atoms. The summed E-state index contributed by atoms with van der Waals surface area (Å²) < 4.78 is 0. The molecule has 19 heavy (non-hydrogen) atoms. The molecule has 3 aromatic rings.